The molecule has 0 amide bonds. The van der Waals surface area contributed by atoms with Crippen LogP contribution in [0.3, 0.4) is 0 Å². The van der Waals surface area contributed by atoms with E-state index < -0.39 is 10.0 Å². The number of piperazine rings is 1. The molecule has 36 heavy (non-hydrogen) atoms. The molecule has 0 spiro atoms. The van der Waals surface area contributed by atoms with E-state index in [0.29, 0.717) is 24.5 Å². The first kappa shape index (κ1) is 25.9. The van der Waals surface area contributed by atoms with E-state index in [0.717, 1.165) is 19.3 Å². The van der Waals surface area contributed by atoms with Gasteiger partial charge in [-0.15, -0.1) is 0 Å². The van der Waals surface area contributed by atoms with Crippen LogP contribution in [0, 0.1) is 0 Å². The smallest absolute Gasteiger partial charge is 0.316 e. The van der Waals surface area contributed by atoms with E-state index in [1.54, 1.807) is 48.7 Å². The van der Waals surface area contributed by atoms with Gasteiger partial charge in [0.2, 0.25) is 15.8 Å². The van der Waals surface area contributed by atoms with Crippen LogP contribution < -0.4 is 20.9 Å². The van der Waals surface area contributed by atoms with Gasteiger partial charge in [0, 0.05) is 32.2 Å². The van der Waals surface area contributed by atoms with Gasteiger partial charge in [-0.3, -0.25) is 4.79 Å². The Labute approximate surface area is 212 Å². The highest BCUT2D eigenvalue weighted by Crippen LogP contribution is 2.27. The highest BCUT2D eigenvalue weighted by Gasteiger charge is 2.30. The fraction of sp³-hybridized carbons (Fsp3) is 0.385. The van der Waals surface area contributed by atoms with Crippen LogP contribution in [-0.4, -0.2) is 61.3 Å². The van der Waals surface area contributed by atoms with E-state index in [4.69, 9.17) is 10.5 Å². The number of para-hydroxylation sites is 1. The van der Waals surface area contributed by atoms with Gasteiger partial charge in [0.25, 0.3) is 0 Å². The molecule has 9 nitrogen and oxygen atoms in total. The first-order valence-corrected chi connectivity index (χ1v) is 13.7. The SMILES string of the molecule is CCCCC(N)COc1c(N2CCN(S(=O)(=O)c3ccccc3)CC2)cnn(-c2ccccc2)c1=O. The Hall–Kier alpha value is -3.21. The van der Waals surface area contributed by atoms with Crippen LogP contribution in [0.25, 0.3) is 5.69 Å². The standard InChI is InChI=1S/C26H33N5O4S/c1-2-3-10-21(27)20-35-25-24(19-28-31(26(25)32)22-11-6-4-7-12-22)29-15-17-30(18-16-29)36(33,34)23-13-8-5-9-14-23/h4-9,11-14,19,21H,2-3,10,15-18,20,27H2,1H3. The van der Waals surface area contributed by atoms with Gasteiger partial charge >= 0.3 is 5.56 Å². The van der Waals surface area contributed by atoms with Gasteiger partial charge in [0.05, 0.1) is 16.8 Å². The summed E-state index contributed by atoms with van der Waals surface area (Å²) >= 11 is 0. The maximum absolute atomic E-state index is 13.5. The summed E-state index contributed by atoms with van der Waals surface area (Å²) in [6.45, 7) is 3.69. The normalized spacial score (nSPS) is 15.6. The predicted molar refractivity (Wildman–Crippen MR) is 140 cm³/mol. The highest BCUT2D eigenvalue weighted by molar-refractivity contribution is 7.89. The number of unbranched alkanes of at least 4 members (excludes halogenated alkanes) is 1. The molecule has 2 heterocycles. The Morgan fingerprint density at radius 2 is 1.64 bits per heavy atom. The van der Waals surface area contributed by atoms with E-state index in [1.807, 2.05) is 23.1 Å². The topological polar surface area (TPSA) is 111 Å². The predicted octanol–water partition coefficient (Wildman–Crippen LogP) is 2.64. The van der Waals surface area contributed by atoms with E-state index in [2.05, 4.69) is 12.0 Å². The van der Waals surface area contributed by atoms with Crippen molar-refractivity contribution in [2.75, 3.05) is 37.7 Å². The van der Waals surface area contributed by atoms with E-state index >= 15 is 0 Å². The molecular formula is C26H33N5O4S. The van der Waals surface area contributed by atoms with Gasteiger partial charge in [-0.2, -0.15) is 14.1 Å². The summed E-state index contributed by atoms with van der Waals surface area (Å²) in [5, 5.41) is 4.40. The first-order chi connectivity index (χ1) is 17.4. The number of sulfonamides is 1. The molecule has 1 fully saturated rings. The van der Waals surface area contributed by atoms with Gasteiger partial charge in [-0.05, 0) is 30.7 Å². The number of aromatic nitrogens is 2. The van der Waals surface area contributed by atoms with Crippen LogP contribution >= 0.6 is 0 Å². The molecule has 1 aliphatic rings. The summed E-state index contributed by atoms with van der Waals surface area (Å²) in [7, 11) is -3.58. The van der Waals surface area contributed by atoms with Crippen LogP contribution in [0.2, 0.25) is 0 Å². The first-order valence-electron chi connectivity index (χ1n) is 12.3. The Balaban J connectivity index is 1.57. The number of rotatable bonds is 10. The molecule has 10 heteroatoms. The van der Waals surface area contributed by atoms with Crippen LogP contribution in [-0.2, 0) is 10.0 Å². The molecule has 1 aromatic heterocycles. The average Bonchev–Trinajstić information content (AvgIpc) is 2.92. The quantitative estimate of drug-likeness (QED) is 0.445. The van der Waals surface area contributed by atoms with Crippen molar-refractivity contribution >= 4 is 15.7 Å². The molecule has 2 N–H and O–H groups in total. The maximum Gasteiger partial charge on any atom is 0.316 e. The summed E-state index contributed by atoms with van der Waals surface area (Å²) < 4.78 is 34.9. The van der Waals surface area contributed by atoms with Gasteiger partial charge < -0.3 is 15.4 Å². The van der Waals surface area contributed by atoms with Crippen molar-refractivity contribution in [1.29, 1.82) is 0 Å². The van der Waals surface area contributed by atoms with Crippen molar-refractivity contribution in [3.05, 3.63) is 77.2 Å². The number of hydrogen-bond donors (Lipinski definition) is 1. The zero-order chi connectivity index (χ0) is 25.5. The zero-order valence-corrected chi connectivity index (χ0v) is 21.3. The minimum absolute atomic E-state index is 0.181. The van der Waals surface area contributed by atoms with Gasteiger partial charge in [-0.25, -0.2) is 8.42 Å². The van der Waals surface area contributed by atoms with E-state index in [9.17, 15) is 13.2 Å². The Bertz CT molecular complexity index is 1290. The van der Waals surface area contributed by atoms with Crippen LogP contribution in [0.15, 0.2) is 76.6 Å². The second-order valence-electron chi connectivity index (χ2n) is 8.83. The summed E-state index contributed by atoms with van der Waals surface area (Å²) in [6, 6.07) is 17.4. The fourth-order valence-corrected chi connectivity index (χ4v) is 5.64. The fourth-order valence-electron chi connectivity index (χ4n) is 4.19. The summed E-state index contributed by atoms with van der Waals surface area (Å²) in [5.41, 5.74) is 7.03. The Kier molecular flexibility index (Phi) is 8.40. The van der Waals surface area contributed by atoms with Crippen molar-refractivity contribution in [2.24, 2.45) is 5.73 Å². The van der Waals surface area contributed by atoms with Crippen molar-refractivity contribution in [2.45, 2.75) is 37.1 Å². The van der Waals surface area contributed by atoms with Gasteiger partial charge in [0.1, 0.15) is 12.3 Å². The second-order valence-corrected chi connectivity index (χ2v) is 10.8. The molecular weight excluding hydrogens is 478 g/mol. The summed E-state index contributed by atoms with van der Waals surface area (Å²) in [4.78, 5) is 15.7. The summed E-state index contributed by atoms with van der Waals surface area (Å²) in [5.74, 6) is 0.181. The van der Waals surface area contributed by atoms with Crippen LogP contribution in [0.4, 0.5) is 5.69 Å². The lowest BCUT2D eigenvalue weighted by Crippen LogP contribution is -2.49. The number of anilines is 1. The second kappa shape index (κ2) is 11.7. The molecule has 0 bridgehead atoms. The molecule has 1 aliphatic heterocycles. The van der Waals surface area contributed by atoms with Gasteiger partial charge in [0.15, 0.2) is 0 Å². The van der Waals surface area contributed by atoms with Gasteiger partial charge in [-0.1, -0.05) is 56.2 Å². The number of hydrogen-bond acceptors (Lipinski definition) is 7. The molecule has 1 atom stereocenters. The lowest BCUT2D eigenvalue weighted by atomic mass is 10.1. The monoisotopic (exact) mass is 511 g/mol. The minimum Gasteiger partial charge on any atom is -0.485 e. The van der Waals surface area contributed by atoms with Crippen LogP contribution in [0.1, 0.15) is 26.2 Å². The zero-order valence-electron chi connectivity index (χ0n) is 20.5. The minimum atomic E-state index is -3.58. The maximum atomic E-state index is 13.5. The molecule has 4 rings (SSSR count). The molecule has 0 radical (unpaired) electrons. The summed E-state index contributed by atoms with van der Waals surface area (Å²) in [6.07, 6.45) is 4.44. The molecule has 0 aliphatic carbocycles. The largest absolute Gasteiger partial charge is 0.485 e. The van der Waals surface area contributed by atoms with Crippen LogP contribution in [0.5, 0.6) is 5.75 Å². The lowest BCUT2D eigenvalue weighted by Gasteiger charge is -2.35. The third kappa shape index (κ3) is 5.77. The highest BCUT2D eigenvalue weighted by atomic mass is 32.2. The number of benzene rings is 2. The Morgan fingerprint density at radius 1 is 1.00 bits per heavy atom. The van der Waals surface area contributed by atoms with Crippen molar-refractivity contribution < 1.29 is 13.2 Å². The lowest BCUT2D eigenvalue weighted by molar-refractivity contribution is 0.274. The van der Waals surface area contributed by atoms with Crippen molar-refractivity contribution in [3.63, 3.8) is 0 Å². The molecule has 192 valence electrons. The number of nitrogens with two attached hydrogens (primary N) is 1. The number of ether oxygens (including phenoxy) is 1. The van der Waals surface area contributed by atoms with Crippen molar-refractivity contribution in [1.82, 2.24) is 14.1 Å². The molecule has 0 saturated carbocycles. The molecule has 2 aromatic carbocycles. The van der Waals surface area contributed by atoms with E-state index in [-0.39, 0.29) is 41.9 Å². The average molecular weight is 512 g/mol. The molecule has 1 saturated heterocycles. The Morgan fingerprint density at radius 3 is 2.28 bits per heavy atom. The number of nitrogens with zero attached hydrogens (tertiary/aromatic N) is 4. The molecule has 1 unspecified atom stereocenters. The third-order valence-corrected chi connectivity index (χ3v) is 8.16. The van der Waals surface area contributed by atoms with E-state index in [1.165, 1.54) is 8.99 Å². The molecule has 3 aromatic rings. The van der Waals surface area contributed by atoms with Crippen molar-refractivity contribution in [3.8, 4) is 11.4 Å². The third-order valence-electron chi connectivity index (χ3n) is 6.25.